The van der Waals surface area contributed by atoms with Crippen LogP contribution in [0.1, 0.15) is 37.1 Å². The number of benzene rings is 1. The Morgan fingerprint density at radius 2 is 1.65 bits per heavy atom. The first kappa shape index (κ1) is 14.4. The maximum atomic E-state index is 10.5. The molecule has 1 N–H and O–H groups in total. The van der Waals surface area contributed by atoms with Crippen molar-refractivity contribution in [1.29, 1.82) is 0 Å². The summed E-state index contributed by atoms with van der Waals surface area (Å²) in [4.78, 5) is 0. The minimum Gasteiger partial charge on any atom is -0.497 e. The van der Waals surface area contributed by atoms with Crippen molar-refractivity contribution >= 4 is 0 Å². The lowest BCUT2D eigenvalue weighted by atomic mass is 10.0. The molecule has 0 saturated heterocycles. The van der Waals surface area contributed by atoms with Gasteiger partial charge in [-0.25, -0.2) is 0 Å². The fourth-order valence-corrected chi connectivity index (χ4v) is 1.96. The zero-order valence-corrected chi connectivity index (χ0v) is 12.2. The van der Waals surface area contributed by atoms with Crippen LogP contribution in [-0.4, -0.2) is 29.1 Å². The van der Waals surface area contributed by atoms with Gasteiger partial charge in [-0.15, -0.1) is 0 Å². The molecule has 0 spiro atoms. The lowest BCUT2D eigenvalue weighted by molar-refractivity contribution is 0.219. The molecule has 0 bridgehead atoms. The first-order valence-electron chi connectivity index (χ1n) is 6.50. The molecule has 5 heteroatoms. The van der Waals surface area contributed by atoms with Crippen LogP contribution in [0.15, 0.2) is 30.6 Å². The molecule has 0 fully saturated rings. The second kappa shape index (κ2) is 5.96. The van der Waals surface area contributed by atoms with E-state index in [4.69, 9.17) is 9.47 Å². The summed E-state index contributed by atoms with van der Waals surface area (Å²) in [6, 6.07) is 5.61. The second-order valence-corrected chi connectivity index (χ2v) is 4.90. The van der Waals surface area contributed by atoms with E-state index in [1.54, 1.807) is 38.6 Å². The molecule has 0 aliphatic carbocycles. The largest absolute Gasteiger partial charge is 0.497 e. The maximum absolute atomic E-state index is 10.5. The summed E-state index contributed by atoms with van der Waals surface area (Å²) in [5, 5.41) is 14.7. The maximum Gasteiger partial charge on any atom is 0.122 e. The van der Waals surface area contributed by atoms with E-state index in [1.807, 2.05) is 24.7 Å². The summed E-state index contributed by atoms with van der Waals surface area (Å²) in [6.07, 6.45) is 2.77. The average molecular weight is 276 g/mol. The van der Waals surface area contributed by atoms with Crippen molar-refractivity contribution in [3.05, 3.63) is 41.7 Å². The third kappa shape index (κ3) is 2.93. The minimum atomic E-state index is -0.758. The van der Waals surface area contributed by atoms with E-state index >= 15 is 0 Å². The highest BCUT2D eigenvalue weighted by Gasteiger charge is 2.15. The molecule has 1 atom stereocenters. The highest BCUT2D eigenvalue weighted by atomic mass is 16.5. The van der Waals surface area contributed by atoms with E-state index < -0.39 is 6.10 Å². The molecule has 1 unspecified atom stereocenters. The Labute approximate surface area is 118 Å². The minimum absolute atomic E-state index is 0.260. The van der Waals surface area contributed by atoms with Gasteiger partial charge in [0.1, 0.15) is 17.6 Å². The average Bonchev–Trinajstić information content (AvgIpc) is 2.95. The third-order valence-corrected chi connectivity index (χ3v) is 3.16. The summed E-state index contributed by atoms with van der Waals surface area (Å²) in [5.41, 5.74) is 1.46. The molecular weight excluding hydrogens is 256 g/mol. The predicted molar refractivity (Wildman–Crippen MR) is 76.2 cm³/mol. The Morgan fingerprint density at radius 3 is 2.10 bits per heavy atom. The number of ether oxygens (including phenoxy) is 2. The topological polar surface area (TPSA) is 56.5 Å². The molecule has 2 aromatic rings. The number of aliphatic hydroxyl groups excluding tert-OH is 1. The summed E-state index contributed by atoms with van der Waals surface area (Å²) in [7, 11) is 3.17. The second-order valence-electron chi connectivity index (χ2n) is 4.90. The molecule has 5 nitrogen and oxygen atoms in total. The molecule has 0 aliphatic rings. The Kier molecular flexibility index (Phi) is 4.29. The Hall–Kier alpha value is -2.01. The van der Waals surface area contributed by atoms with Crippen molar-refractivity contribution in [3.63, 3.8) is 0 Å². The fraction of sp³-hybridized carbons (Fsp3) is 0.400. The van der Waals surface area contributed by atoms with Crippen LogP contribution >= 0.6 is 0 Å². The summed E-state index contributed by atoms with van der Waals surface area (Å²) < 4.78 is 12.2. The van der Waals surface area contributed by atoms with Gasteiger partial charge in [-0.2, -0.15) is 5.10 Å². The van der Waals surface area contributed by atoms with E-state index in [0.717, 1.165) is 5.56 Å². The Balaban J connectivity index is 2.33. The monoisotopic (exact) mass is 276 g/mol. The quantitative estimate of drug-likeness (QED) is 0.912. The molecule has 0 aliphatic heterocycles. The van der Waals surface area contributed by atoms with Crippen molar-refractivity contribution in [2.75, 3.05) is 14.2 Å². The smallest absolute Gasteiger partial charge is 0.122 e. The van der Waals surface area contributed by atoms with Gasteiger partial charge in [0.25, 0.3) is 0 Å². The molecule has 1 aromatic heterocycles. The van der Waals surface area contributed by atoms with E-state index in [-0.39, 0.29) is 6.04 Å². The van der Waals surface area contributed by atoms with Crippen LogP contribution in [0, 0.1) is 0 Å². The van der Waals surface area contributed by atoms with Gasteiger partial charge in [-0.3, -0.25) is 4.68 Å². The van der Waals surface area contributed by atoms with Crippen LogP contribution in [0.2, 0.25) is 0 Å². The Morgan fingerprint density at radius 1 is 1.05 bits per heavy atom. The van der Waals surface area contributed by atoms with Gasteiger partial charge in [0.05, 0.1) is 20.4 Å². The molecule has 108 valence electrons. The molecule has 1 heterocycles. The molecule has 20 heavy (non-hydrogen) atoms. The summed E-state index contributed by atoms with van der Waals surface area (Å²) >= 11 is 0. The lowest BCUT2D eigenvalue weighted by Gasteiger charge is -2.13. The molecule has 1 aromatic carbocycles. The molecular formula is C15H20N2O3. The highest BCUT2D eigenvalue weighted by Crippen LogP contribution is 2.29. The zero-order valence-electron chi connectivity index (χ0n) is 12.2. The van der Waals surface area contributed by atoms with Crippen LogP contribution < -0.4 is 9.47 Å². The van der Waals surface area contributed by atoms with Gasteiger partial charge >= 0.3 is 0 Å². The number of nitrogens with zero attached hydrogens (tertiary/aromatic N) is 2. The Bertz CT molecular complexity index is 556. The SMILES string of the molecule is COc1cc(OC)cc(C(O)c2cnn(C(C)C)c2)c1. The standard InChI is InChI=1S/C15H20N2O3/c1-10(2)17-9-12(8-16-17)15(18)11-5-13(19-3)7-14(6-11)20-4/h5-10,15,18H,1-4H3. The van der Waals surface area contributed by atoms with E-state index in [9.17, 15) is 5.11 Å². The molecule has 2 rings (SSSR count). The van der Waals surface area contributed by atoms with Gasteiger partial charge in [0.15, 0.2) is 0 Å². The van der Waals surface area contributed by atoms with Gasteiger partial charge in [0.2, 0.25) is 0 Å². The van der Waals surface area contributed by atoms with E-state index in [0.29, 0.717) is 17.1 Å². The number of rotatable bonds is 5. The number of methoxy groups -OCH3 is 2. The number of hydrogen-bond acceptors (Lipinski definition) is 4. The van der Waals surface area contributed by atoms with Crippen LogP contribution in [0.25, 0.3) is 0 Å². The molecule has 0 saturated carbocycles. The number of hydrogen-bond donors (Lipinski definition) is 1. The lowest BCUT2D eigenvalue weighted by Crippen LogP contribution is -2.02. The van der Waals surface area contributed by atoms with Crippen molar-refractivity contribution in [2.45, 2.75) is 26.0 Å². The fourth-order valence-electron chi connectivity index (χ4n) is 1.96. The normalized spacial score (nSPS) is 12.5. The van der Waals surface area contributed by atoms with Gasteiger partial charge in [-0.05, 0) is 31.5 Å². The van der Waals surface area contributed by atoms with Crippen LogP contribution in [0.3, 0.4) is 0 Å². The van der Waals surface area contributed by atoms with Gasteiger partial charge < -0.3 is 14.6 Å². The van der Waals surface area contributed by atoms with E-state index in [2.05, 4.69) is 5.10 Å². The molecule has 0 radical (unpaired) electrons. The van der Waals surface area contributed by atoms with Crippen molar-refractivity contribution in [3.8, 4) is 11.5 Å². The summed E-state index contributed by atoms with van der Waals surface area (Å²) in [6.45, 7) is 4.08. The van der Waals surface area contributed by atoms with Crippen molar-refractivity contribution < 1.29 is 14.6 Å². The molecule has 0 amide bonds. The highest BCUT2D eigenvalue weighted by molar-refractivity contribution is 5.41. The van der Waals surface area contributed by atoms with Crippen molar-refractivity contribution in [1.82, 2.24) is 9.78 Å². The van der Waals surface area contributed by atoms with Crippen molar-refractivity contribution in [2.24, 2.45) is 0 Å². The first-order chi connectivity index (χ1) is 9.55. The van der Waals surface area contributed by atoms with E-state index in [1.165, 1.54) is 0 Å². The zero-order chi connectivity index (χ0) is 14.7. The van der Waals surface area contributed by atoms with Gasteiger partial charge in [0, 0.05) is 23.9 Å². The van der Waals surface area contributed by atoms with Crippen LogP contribution in [0.5, 0.6) is 11.5 Å². The predicted octanol–water partition coefficient (Wildman–Crippen LogP) is 2.56. The first-order valence-corrected chi connectivity index (χ1v) is 6.50. The number of aromatic nitrogens is 2. The van der Waals surface area contributed by atoms with Gasteiger partial charge in [-0.1, -0.05) is 0 Å². The third-order valence-electron chi connectivity index (χ3n) is 3.16. The summed E-state index contributed by atoms with van der Waals surface area (Å²) in [5.74, 6) is 1.30. The van der Waals surface area contributed by atoms with Crippen LogP contribution in [-0.2, 0) is 0 Å². The van der Waals surface area contributed by atoms with Crippen LogP contribution in [0.4, 0.5) is 0 Å². The number of aliphatic hydroxyl groups is 1.